The number of rotatable bonds is 3. The van der Waals surface area contributed by atoms with E-state index in [2.05, 4.69) is 9.97 Å². The van der Waals surface area contributed by atoms with Crippen molar-refractivity contribution in [3.63, 3.8) is 0 Å². The van der Waals surface area contributed by atoms with Gasteiger partial charge >= 0.3 is 0 Å². The Morgan fingerprint density at radius 1 is 1.04 bits per heavy atom. The fourth-order valence-corrected chi connectivity index (χ4v) is 3.73. The molecule has 0 aliphatic carbocycles. The maximum atomic E-state index is 12.7. The molecule has 1 fully saturated rings. The number of carbonyl (C=O) groups excluding carboxylic acids is 2. The van der Waals surface area contributed by atoms with Crippen molar-refractivity contribution in [1.29, 1.82) is 0 Å². The highest BCUT2D eigenvalue weighted by Gasteiger charge is 2.26. The van der Waals surface area contributed by atoms with Gasteiger partial charge in [0.25, 0.3) is 5.91 Å². The Morgan fingerprint density at radius 2 is 1.81 bits per heavy atom. The molecular formula is C20H19ClN4O2. The number of H-pyrrole nitrogens is 1. The van der Waals surface area contributed by atoms with E-state index in [1.165, 1.54) is 0 Å². The monoisotopic (exact) mass is 382 g/mol. The number of aromatic amines is 1. The number of nitrogens with one attached hydrogen (secondary N) is 1. The second-order valence-electron chi connectivity index (χ2n) is 6.54. The summed E-state index contributed by atoms with van der Waals surface area (Å²) in [6.45, 7) is 2.06. The van der Waals surface area contributed by atoms with Gasteiger partial charge in [-0.2, -0.15) is 0 Å². The summed E-state index contributed by atoms with van der Waals surface area (Å²) in [5.74, 6) is -0.0492. The maximum Gasteiger partial charge on any atom is 0.272 e. The number of fused-ring (bicyclic) bond motifs is 1. The van der Waals surface area contributed by atoms with E-state index in [-0.39, 0.29) is 18.2 Å². The number of pyridine rings is 1. The molecule has 0 bridgehead atoms. The fraction of sp³-hybridized carbons (Fsp3) is 0.250. The summed E-state index contributed by atoms with van der Waals surface area (Å²) >= 11 is 6.29. The molecule has 3 heterocycles. The predicted octanol–water partition coefficient (Wildman–Crippen LogP) is 2.74. The van der Waals surface area contributed by atoms with Crippen LogP contribution >= 0.6 is 11.6 Å². The molecule has 138 valence electrons. The summed E-state index contributed by atoms with van der Waals surface area (Å²) in [6, 6.07) is 10.9. The zero-order chi connectivity index (χ0) is 18.8. The third-order valence-electron chi connectivity index (χ3n) is 4.88. The first-order valence-corrected chi connectivity index (χ1v) is 9.24. The van der Waals surface area contributed by atoms with Gasteiger partial charge in [0, 0.05) is 49.5 Å². The van der Waals surface area contributed by atoms with Crippen molar-refractivity contribution in [2.45, 2.75) is 6.42 Å². The van der Waals surface area contributed by atoms with Crippen LogP contribution in [0, 0.1) is 0 Å². The third-order valence-corrected chi connectivity index (χ3v) is 5.20. The van der Waals surface area contributed by atoms with Gasteiger partial charge in [0.2, 0.25) is 5.91 Å². The maximum absolute atomic E-state index is 12.7. The summed E-state index contributed by atoms with van der Waals surface area (Å²) in [7, 11) is 0. The smallest absolute Gasteiger partial charge is 0.272 e. The van der Waals surface area contributed by atoms with Gasteiger partial charge in [0.15, 0.2) is 0 Å². The number of aromatic nitrogens is 2. The molecule has 2 aromatic heterocycles. The van der Waals surface area contributed by atoms with Gasteiger partial charge in [-0.15, -0.1) is 0 Å². The number of amides is 2. The second-order valence-corrected chi connectivity index (χ2v) is 6.95. The van der Waals surface area contributed by atoms with Crippen molar-refractivity contribution in [1.82, 2.24) is 19.8 Å². The summed E-state index contributed by atoms with van der Waals surface area (Å²) in [4.78, 5) is 36.0. The lowest BCUT2D eigenvalue weighted by molar-refractivity contribution is -0.131. The predicted molar refractivity (Wildman–Crippen MR) is 104 cm³/mol. The Bertz CT molecular complexity index is 978. The average Bonchev–Trinajstić information content (AvgIpc) is 3.12. The molecule has 0 unspecified atom stereocenters. The van der Waals surface area contributed by atoms with Crippen LogP contribution in [0.25, 0.3) is 10.9 Å². The summed E-state index contributed by atoms with van der Waals surface area (Å²) in [5.41, 5.74) is 2.26. The first kappa shape index (κ1) is 17.5. The lowest BCUT2D eigenvalue weighted by atomic mass is 10.1. The number of hydrogen-bond acceptors (Lipinski definition) is 3. The molecule has 1 aliphatic heterocycles. The molecule has 0 atom stereocenters. The number of halogens is 1. The molecule has 0 radical (unpaired) electrons. The molecule has 7 heteroatoms. The lowest BCUT2D eigenvalue weighted by Gasteiger charge is -2.34. The van der Waals surface area contributed by atoms with Crippen LogP contribution in [0.2, 0.25) is 5.02 Å². The molecule has 4 rings (SSSR count). The van der Waals surface area contributed by atoms with Crippen LogP contribution in [0.15, 0.2) is 48.8 Å². The molecule has 0 spiro atoms. The molecule has 6 nitrogen and oxygen atoms in total. The van der Waals surface area contributed by atoms with E-state index in [0.29, 0.717) is 36.9 Å². The highest BCUT2D eigenvalue weighted by molar-refractivity contribution is 6.35. The average molecular weight is 383 g/mol. The van der Waals surface area contributed by atoms with Crippen LogP contribution in [0.1, 0.15) is 16.1 Å². The zero-order valence-corrected chi connectivity index (χ0v) is 15.4. The van der Waals surface area contributed by atoms with E-state index in [4.69, 9.17) is 11.6 Å². The van der Waals surface area contributed by atoms with Gasteiger partial charge in [-0.1, -0.05) is 23.7 Å². The van der Waals surface area contributed by atoms with Crippen molar-refractivity contribution in [2.24, 2.45) is 0 Å². The van der Waals surface area contributed by atoms with E-state index >= 15 is 0 Å². The van der Waals surface area contributed by atoms with E-state index in [0.717, 1.165) is 16.5 Å². The molecule has 2 amide bonds. The van der Waals surface area contributed by atoms with Crippen LogP contribution in [0.4, 0.5) is 0 Å². The molecule has 3 aromatic rings. The molecule has 1 saturated heterocycles. The molecular weight excluding hydrogens is 364 g/mol. The minimum Gasteiger partial charge on any atom is -0.361 e. The first-order valence-electron chi connectivity index (χ1n) is 8.86. The molecule has 27 heavy (non-hydrogen) atoms. The first-order chi connectivity index (χ1) is 13.1. The second kappa shape index (κ2) is 7.40. The highest BCUT2D eigenvalue weighted by atomic mass is 35.5. The third kappa shape index (κ3) is 3.53. The van der Waals surface area contributed by atoms with Crippen molar-refractivity contribution >= 4 is 34.3 Å². The SMILES string of the molecule is O=C(Cc1c[nH]c2cccc(Cl)c12)N1CCN(C(=O)c2ccccn2)CC1. The molecule has 1 N–H and O–H groups in total. The van der Waals surface area contributed by atoms with Gasteiger partial charge in [0.1, 0.15) is 5.69 Å². The zero-order valence-electron chi connectivity index (χ0n) is 14.7. The largest absolute Gasteiger partial charge is 0.361 e. The number of nitrogens with zero attached hydrogens (tertiary/aromatic N) is 3. The number of benzene rings is 1. The van der Waals surface area contributed by atoms with Crippen molar-refractivity contribution < 1.29 is 9.59 Å². The van der Waals surface area contributed by atoms with Crippen LogP contribution in [-0.2, 0) is 11.2 Å². The topological polar surface area (TPSA) is 69.3 Å². The highest BCUT2D eigenvalue weighted by Crippen LogP contribution is 2.27. The number of carbonyl (C=O) groups is 2. The van der Waals surface area contributed by atoms with Crippen molar-refractivity contribution in [3.05, 3.63) is 65.1 Å². The van der Waals surface area contributed by atoms with Crippen LogP contribution in [0.3, 0.4) is 0 Å². The standard InChI is InChI=1S/C20H19ClN4O2/c21-15-4-3-6-16-19(15)14(13-23-16)12-18(26)24-8-10-25(11-9-24)20(27)17-5-1-2-7-22-17/h1-7,13,23H,8-12H2. The Labute approximate surface area is 161 Å². The van der Waals surface area contributed by atoms with E-state index in [9.17, 15) is 9.59 Å². The number of hydrogen-bond donors (Lipinski definition) is 1. The minimum absolute atomic E-state index is 0.0424. The quantitative estimate of drug-likeness (QED) is 0.757. The van der Waals surface area contributed by atoms with E-state index in [1.54, 1.807) is 34.2 Å². The van der Waals surface area contributed by atoms with Gasteiger partial charge in [-0.25, -0.2) is 0 Å². The van der Waals surface area contributed by atoms with Crippen LogP contribution < -0.4 is 0 Å². The van der Waals surface area contributed by atoms with Gasteiger partial charge in [-0.3, -0.25) is 14.6 Å². The summed E-state index contributed by atoms with van der Waals surface area (Å²) in [5, 5.41) is 1.54. The van der Waals surface area contributed by atoms with Gasteiger partial charge in [0.05, 0.1) is 11.4 Å². The van der Waals surface area contributed by atoms with Gasteiger partial charge < -0.3 is 14.8 Å². The Hall–Kier alpha value is -2.86. The summed E-state index contributed by atoms with van der Waals surface area (Å²) < 4.78 is 0. The van der Waals surface area contributed by atoms with Gasteiger partial charge in [-0.05, 0) is 29.8 Å². The Kier molecular flexibility index (Phi) is 4.81. The number of piperazine rings is 1. The van der Waals surface area contributed by atoms with Crippen LogP contribution in [-0.4, -0.2) is 57.8 Å². The minimum atomic E-state index is -0.0916. The Balaban J connectivity index is 1.39. The molecule has 0 saturated carbocycles. The van der Waals surface area contributed by atoms with E-state index < -0.39 is 0 Å². The summed E-state index contributed by atoms with van der Waals surface area (Å²) in [6.07, 6.45) is 3.74. The van der Waals surface area contributed by atoms with Crippen molar-refractivity contribution in [3.8, 4) is 0 Å². The van der Waals surface area contributed by atoms with Crippen LogP contribution in [0.5, 0.6) is 0 Å². The fourth-order valence-electron chi connectivity index (χ4n) is 3.43. The normalized spacial score (nSPS) is 14.6. The molecule has 1 aliphatic rings. The van der Waals surface area contributed by atoms with E-state index in [1.807, 2.05) is 24.4 Å². The lowest BCUT2D eigenvalue weighted by Crippen LogP contribution is -2.51. The van der Waals surface area contributed by atoms with Crippen molar-refractivity contribution in [2.75, 3.05) is 26.2 Å². The Morgan fingerprint density at radius 3 is 2.56 bits per heavy atom. The molecule has 1 aromatic carbocycles.